The quantitative estimate of drug-likeness (QED) is 0.125. The molecule has 4 heteroatoms. The molecule has 3 nitrogen and oxygen atoms in total. The largest absolute Gasteiger partial charge is 0.370 e. The molecule has 0 radical (unpaired) electrons. The Hall–Kier alpha value is -6.33. The van der Waals surface area contributed by atoms with Crippen molar-refractivity contribution in [3.8, 4) is 44.8 Å². The third-order valence-corrected chi connectivity index (χ3v) is 12.5. The standard InChI is InChI=1S/C50H38N2.C7H12O.CH4S/c1-50(2,3)33-21-23-34(24-22-33)51-44-17-8-6-13-37(44)42-29-31(19-26-47(42)51)32-20-27-48-43(30-32)38-14-7-9-18-45(38)52(48)46-28-25-40-36-12-5-4-11-35(36)39-15-10-16-41(46)49(39)40;1-4-6-8-7(3)5-2;1-2/h4-7,9-16,18-30H,8,17H2,1-3H3;4-5,7H,1-2,6H2,3H3;2H,1H3. The van der Waals surface area contributed by atoms with Crippen molar-refractivity contribution in [3.05, 3.63) is 188 Å². The first-order valence-corrected chi connectivity index (χ1v) is 22.6. The van der Waals surface area contributed by atoms with E-state index in [2.05, 4.69) is 207 Å². The van der Waals surface area contributed by atoms with Gasteiger partial charge in [-0.15, -0.1) is 13.2 Å². The van der Waals surface area contributed by atoms with E-state index in [4.69, 9.17) is 4.74 Å². The van der Waals surface area contributed by atoms with Crippen LogP contribution in [0.3, 0.4) is 0 Å². The van der Waals surface area contributed by atoms with E-state index in [1.54, 1.807) is 18.4 Å². The number of hydrogen-bond acceptors (Lipinski definition) is 2. The van der Waals surface area contributed by atoms with Crippen molar-refractivity contribution in [3.63, 3.8) is 0 Å². The van der Waals surface area contributed by atoms with Gasteiger partial charge in [-0.25, -0.2) is 0 Å². The average Bonchev–Trinajstić information content (AvgIpc) is 3.95. The van der Waals surface area contributed by atoms with E-state index in [0.717, 1.165) is 12.8 Å². The van der Waals surface area contributed by atoms with Crippen molar-refractivity contribution >= 4 is 62.2 Å². The van der Waals surface area contributed by atoms with E-state index in [1.165, 1.54) is 105 Å². The maximum Gasteiger partial charge on any atom is 0.0729 e. The van der Waals surface area contributed by atoms with Crippen LogP contribution in [0.1, 0.15) is 50.9 Å². The summed E-state index contributed by atoms with van der Waals surface area (Å²) in [5, 5.41) is 6.51. The number of hydrogen-bond donors (Lipinski definition) is 1. The lowest BCUT2D eigenvalue weighted by atomic mass is 9.87. The SMILES string of the molecule is C=CCOC(C)C=C.CC(C)(C)c1ccc(-n2c3c(c4cc(-c5ccc6c(c5)c5ccccc5n6-c5ccc6c7c(cccc57)-c5ccccc5-6)ccc42)C=CCC3)cc1.CS. The first kappa shape index (κ1) is 41.0. The predicted molar refractivity (Wildman–Crippen MR) is 272 cm³/mol. The smallest absolute Gasteiger partial charge is 0.0729 e. The Labute approximate surface area is 371 Å². The van der Waals surface area contributed by atoms with Gasteiger partial charge >= 0.3 is 0 Å². The molecule has 0 aliphatic heterocycles. The van der Waals surface area contributed by atoms with Crippen LogP contribution in [0.15, 0.2) is 171 Å². The van der Waals surface area contributed by atoms with Crippen LogP contribution in [0.5, 0.6) is 0 Å². The molecule has 0 spiro atoms. The summed E-state index contributed by atoms with van der Waals surface area (Å²) >= 11 is 3.53. The molecule has 0 saturated carbocycles. The van der Waals surface area contributed by atoms with E-state index in [-0.39, 0.29) is 11.5 Å². The van der Waals surface area contributed by atoms with Crippen molar-refractivity contribution in [1.29, 1.82) is 0 Å². The molecule has 0 saturated heterocycles. The topological polar surface area (TPSA) is 19.1 Å². The van der Waals surface area contributed by atoms with Crippen LogP contribution in [0.2, 0.25) is 0 Å². The number of ether oxygens (including phenoxy) is 1. The minimum atomic E-state index is 0.129. The van der Waals surface area contributed by atoms with Crippen molar-refractivity contribution in [2.45, 2.75) is 52.1 Å². The zero-order valence-electron chi connectivity index (χ0n) is 36.5. The summed E-state index contributed by atoms with van der Waals surface area (Å²) in [7, 11) is 0. The highest BCUT2D eigenvalue weighted by Gasteiger charge is 2.25. The predicted octanol–water partition coefficient (Wildman–Crippen LogP) is 15.8. The van der Waals surface area contributed by atoms with Crippen LogP contribution in [0.25, 0.3) is 94.3 Å². The van der Waals surface area contributed by atoms with Crippen molar-refractivity contribution in [1.82, 2.24) is 9.13 Å². The van der Waals surface area contributed by atoms with Crippen molar-refractivity contribution < 1.29 is 4.74 Å². The maximum absolute atomic E-state index is 5.10. The normalized spacial score (nSPS) is 13.0. The zero-order valence-corrected chi connectivity index (χ0v) is 37.3. The highest BCUT2D eigenvalue weighted by atomic mass is 32.1. The van der Waals surface area contributed by atoms with Gasteiger partial charge in [0.2, 0.25) is 0 Å². The first-order chi connectivity index (χ1) is 30.2. The molecule has 2 aliphatic rings. The van der Waals surface area contributed by atoms with E-state index >= 15 is 0 Å². The molecule has 2 heterocycles. The first-order valence-electron chi connectivity index (χ1n) is 21.7. The molecule has 7 aromatic carbocycles. The molecule has 0 fully saturated rings. The van der Waals surface area contributed by atoms with Gasteiger partial charge in [-0.1, -0.05) is 136 Å². The zero-order chi connectivity index (χ0) is 43.1. The van der Waals surface area contributed by atoms with Gasteiger partial charge in [-0.2, -0.15) is 12.6 Å². The summed E-state index contributed by atoms with van der Waals surface area (Å²) in [6.45, 7) is 16.4. The lowest BCUT2D eigenvalue weighted by Gasteiger charge is -2.20. The Morgan fingerprint density at radius 3 is 1.95 bits per heavy atom. The fraction of sp³-hybridized carbons (Fsp3) is 0.172. The van der Waals surface area contributed by atoms with Gasteiger partial charge < -0.3 is 13.9 Å². The maximum atomic E-state index is 5.10. The molecule has 1 atom stereocenters. The average molecular weight is 827 g/mol. The number of aromatic nitrogens is 2. The minimum absolute atomic E-state index is 0.129. The Kier molecular flexibility index (Phi) is 11.2. The number of nitrogens with zero attached hydrogens (tertiary/aromatic N) is 2. The lowest BCUT2D eigenvalue weighted by molar-refractivity contribution is 0.123. The summed E-state index contributed by atoms with van der Waals surface area (Å²) < 4.78 is 10.1. The van der Waals surface area contributed by atoms with Crippen molar-refractivity contribution in [2.75, 3.05) is 12.9 Å². The molecule has 1 unspecified atom stereocenters. The van der Waals surface area contributed by atoms with Gasteiger partial charge in [0.1, 0.15) is 0 Å². The Balaban J connectivity index is 0.000000444. The second-order valence-electron chi connectivity index (χ2n) is 17.2. The van der Waals surface area contributed by atoms with E-state index in [9.17, 15) is 0 Å². The number of rotatable bonds is 7. The summed E-state index contributed by atoms with van der Waals surface area (Å²) in [5.74, 6) is 0. The molecule has 9 aromatic rings. The third-order valence-electron chi connectivity index (χ3n) is 12.5. The van der Waals surface area contributed by atoms with Gasteiger partial charge in [0.25, 0.3) is 0 Å². The van der Waals surface area contributed by atoms with Gasteiger partial charge in [0.15, 0.2) is 0 Å². The molecule has 11 rings (SSSR count). The Morgan fingerprint density at radius 1 is 0.645 bits per heavy atom. The second kappa shape index (κ2) is 16.9. The van der Waals surface area contributed by atoms with Gasteiger partial charge in [-0.05, 0) is 124 Å². The number of thiol groups is 1. The fourth-order valence-electron chi connectivity index (χ4n) is 9.49. The highest BCUT2D eigenvalue weighted by Crippen LogP contribution is 2.49. The molecule has 0 bridgehead atoms. The van der Waals surface area contributed by atoms with E-state index in [1.807, 2.05) is 6.92 Å². The summed E-state index contributed by atoms with van der Waals surface area (Å²) in [6, 6.07) is 52.5. The minimum Gasteiger partial charge on any atom is -0.370 e. The van der Waals surface area contributed by atoms with E-state index in [0.29, 0.717) is 6.61 Å². The fourth-order valence-corrected chi connectivity index (χ4v) is 9.49. The van der Waals surface area contributed by atoms with Crippen LogP contribution in [-0.4, -0.2) is 28.1 Å². The number of para-hydroxylation sites is 1. The van der Waals surface area contributed by atoms with Crippen LogP contribution in [-0.2, 0) is 16.6 Å². The Bertz CT molecular complexity index is 3160. The molecule has 62 heavy (non-hydrogen) atoms. The molecular formula is C58H54N2OS. The number of allylic oxidation sites excluding steroid dienone is 1. The molecule has 0 N–H and O–H groups in total. The summed E-state index contributed by atoms with van der Waals surface area (Å²) in [4.78, 5) is 0. The van der Waals surface area contributed by atoms with Gasteiger partial charge in [0, 0.05) is 38.5 Å². The van der Waals surface area contributed by atoms with Crippen LogP contribution in [0, 0.1) is 0 Å². The van der Waals surface area contributed by atoms with Crippen LogP contribution < -0.4 is 0 Å². The Morgan fingerprint density at radius 2 is 1.26 bits per heavy atom. The molecule has 2 aromatic heterocycles. The van der Waals surface area contributed by atoms with Crippen LogP contribution in [0.4, 0.5) is 0 Å². The second-order valence-corrected chi connectivity index (χ2v) is 17.2. The molecule has 0 amide bonds. The van der Waals surface area contributed by atoms with Gasteiger partial charge in [-0.3, -0.25) is 0 Å². The lowest BCUT2D eigenvalue weighted by Crippen LogP contribution is -2.11. The summed E-state index contributed by atoms with van der Waals surface area (Å²) in [5.41, 5.74) is 18.3. The van der Waals surface area contributed by atoms with E-state index < -0.39 is 0 Å². The van der Waals surface area contributed by atoms with Gasteiger partial charge in [0.05, 0.1) is 34.9 Å². The number of fused-ring (bicyclic) bond motifs is 9. The van der Waals surface area contributed by atoms with Crippen LogP contribution >= 0.6 is 12.6 Å². The molecular weight excluding hydrogens is 773 g/mol. The molecule has 308 valence electrons. The highest BCUT2D eigenvalue weighted by molar-refractivity contribution is 7.79. The third kappa shape index (κ3) is 7.02. The van der Waals surface area contributed by atoms with Crippen molar-refractivity contribution in [2.24, 2.45) is 0 Å². The number of benzene rings is 7. The summed E-state index contributed by atoms with van der Waals surface area (Å²) in [6.07, 6.45) is 12.1. The monoisotopic (exact) mass is 826 g/mol. The molecule has 2 aliphatic carbocycles.